The first-order valence-corrected chi connectivity index (χ1v) is 8.56. The predicted molar refractivity (Wildman–Crippen MR) is 85.6 cm³/mol. The summed E-state index contributed by atoms with van der Waals surface area (Å²) >= 11 is 1.86. The summed E-state index contributed by atoms with van der Waals surface area (Å²) in [5.41, 5.74) is 2.78. The molecule has 1 fully saturated rings. The molecule has 2 aliphatic rings. The van der Waals surface area contributed by atoms with Crippen LogP contribution in [0.2, 0.25) is 0 Å². The zero-order valence-electron chi connectivity index (χ0n) is 12.0. The molecule has 1 spiro atoms. The van der Waals surface area contributed by atoms with Crippen LogP contribution in [0.1, 0.15) is 35.3 Å². The molecule has 2 aromatic rings. The molecule has 1 N–H and O–H groups in total. The van der Waals surface area contributed by atoms with E-state index in [-0.39, 0.29) is 17.4 Å². The van der Waals surface area contributed by atoms with Crippen molar-refractivity contribution in [3.8, 4) is 0 Å². The molecule has 1 aliphatic carbocycles. The Morgan fingerprint density at radius 1 is 1.24 bits per heavy atom. The van der Waals surface area contributed by atoms with Crippen LogP contribution in [0, 0.1) is 0 Å². The van der Waals surface area contributed by atoms with E-state index < -0.39 is 0 Å². The van der Waals surface area contributed by atoms with Crippen molar-refractivity contribution in [2.75, 3.05) is 0 Å². The first-order chi connectivity index (χ1) is 10.3. The molecule has 2 heterocycles. The standard InChI is InChI=1S/C18H19NOS/c20-17-12-18(9-4-7-15-14(18)8-10-21-15)16(19-17)11-13-5-2-1-3-6-13/h1-3,5-6,8,10,16H,4,7,9,11-12H2,(H,19,20). The summed E-state index contributed by atoms with van der Waals surface area (Å²) in [5, 5.41) is 5.45. The maximum absolute atomic E-state index is 12.1. The predicted octanol–water partition coefficient (Wildman–Crippen LogP) is 3.45. The van der Waals surface area contributed by atoms with Gasteiger partial charge in [0.2, 0.25) is 5.91 Å². The lowest BCUT2D eigenvalue weighted by Crippen LogP contribution is -2.43. The lowest BCUT2D eigenvalue weighted by Gasteiger charge is -2.38. The summed E-state index contributed by atoms with van der Waals surface area (Å²) in [7, 11) is 0. The van der Waals surface area contributed by atoms with E-state index in [1.807, 2.05) is 17.4 Å². The van der Waals surface area contributed by atoms with Gasteiger partial charge in [-0.2, -0.15) is 0 Å². The molecule has 0 bridgehead atoms. The van der Waals surface area contributed by atoms with Gasteiger partial charge in [-0.15, -0.1) is 11.3 Å². The highest BCUT2D eigenvalue weighted by Crippen LogP contribution is 2.47. The van der Waals surface area contributed by atoms with Crippen LogP contribution in [0.25, 0.3) is 0 Å². The van der Waals surface area contributed by atoms with E-state index in [2.05, 4.69) is 41.0 Å². The van der Waals surface area contributed by atoms with Gasteiger partial charge in [0.1, 0.15) is 0 Å². The molecule has 21 heavy (non-hydrogen) atoms. The summed E-state index contributed by atoms with van der Waals surface area (Å²) in [6, 6.07) is 13.0. The van der Waals surface area contributed by atoms with Gasteiger partial charge in [-0.1, -0.05) is 30.3 Å². The quantitative estimate of drug-likeness (QED) is 0.904. The average Bonchev–Trinajstić information content (AvgIpc) is 3.07. The van der Waals surface area contributed by atoms with Crippen LogP contribution in [0.3, 0.4) is 0 Å². The van der Waals surface area contributed by atoms with Crippen LogP contribution in [0.4, 0.5) is 0 Å². The van der Waals surface area contributed by atoms with E-state index in [0.717, 1.165) is 12.8 Å². The van der Waals surface area contributed by atoms with E-state index >= 15 is 0 Å². The highest BCUT2D eigenvalue weighted by Gasteiger charge is 2.50. The Balaban J connectivity index is 1.72. The molecule has 3 heteroatoms. The number of nitrogens with one attached hydrogen (secondary N) is 1. The smallest absolute Gasteiger partial charge is 0.221 e. The Kier molecular flexibility index (Phi) is 3.11. The van der Waals surface area contributed by atoms with Crippen molar-refractivity contribution in [1.29, 1.82) is 0 Å². The molecule has 0 saturated carbocycles. The molecule has 1 aromatic heterocycles. The van der Waals surface area contributed by atoms with Gasteiger partial charge < -0.3 is 5.32 Å². The number of amides is 1. The fraction of sp³-hybridized carbons (Fsp3) is 0.389. The highest BCUT2D eigenvalue weighted by atomic mass is 32.1. The van der Waals surface area contributed by atoms with Gasteiger partial charge in [0.05, 0.1) is 0 Å². The normalized spacial score (nSPS) is 27.6. The Hall–Kier alpha value is -1.61. The number of carbonyl (C=O) groups is 1. The lowest BCUT2D eigenvalue weighted by molar-refractivity contribution is -0.119. The summed E-state index contributed by atoms with van der Waals surface area (Å²) in [4.78, 5) is 13.6. The molecule has 1 amide bonds. The number of carbonyl (C=O) groups excluding carboxylic acids is 1. The monoisotopic (exact) mass is 297 g/mol. The molecular weight excluding hydrogens is 278 g/mol. The van der Waals surface area contributed by atoms with Crippen molar-refractivity contribution in [2.45, 2.75) is 43.6 Å². The summed E-state index contributed by atoms with van der Waals surface area (Å²) in [6.07, 6.45) is 5.11. The highest BCUT2D eigenvalue weighted by molar-refractivity contribution is 7.10. The second-order valence-corrected chi connectivity index (χ2v) is 7.25. The third kappa shape index (κ3) is 2.11. The van der Waals surface area contributed by atoms with Crippen LogP contribution >= 0.6 is 11.3 Å². The number of hydrogen-bond donors (Lipinski definition) is 1. The second-order valence-electron chi connectivity index (χ2n) is 6.25. The number of benzene rings is 1. The SMILES string of the molecule is O=C1CC2(CCCc3sccc32)C(Cc2ccccc2)N1. The fourth-order valence-corrected chi connectivity index (χ4v) is 5.14. The molecule has 108 valence electrons. The molecule has 4 rings (SSSR count). The minimum Gasteiger partial charge on any atom is -0.352 e. The zero-order chi connectivity index (χ0) is 14.3. The van der Waals surface area contributed by atoms with Gasteiger partial charge in [-0.25, -0.2) is 0 Å². The van der Waals surface area contributed by atoms with Crippen LogP contribution in [0.5, 0.6) is 0 Å². The molecule has 0 radical (unpaired) electrons. The molecule has 2 nitrogen and oxygen atoms in total. The van der Waals surface area contributed by atoms with E-state index in [1.54, 1.807) is 0 Å². The Bertz CT molecular complexity index is 663. The van der Waals surface area contributed by atoms with Crippen LogP contribution in [0.15, 0.2) is 41.8 Å². The molecule has 2 atom stereocenters. The van der Waals surface area contributed by atoms with Gasteiger partial charge in [0, 0.05) is 22.8 Å². The summed E-state index contributed by atoms with van der Waals surface area (Å²) in [6.45, 7) is 0. The van der Waals surface area contributed by atoms with Crippen molar-refractivity contribution < 1.29 is 4.79 Å². The third-order valence-corrected chi connectivity index (χ3v) is 6.05. The Morgan fingerprint density at radius 2 is 2.10 bits per heavy atom. The van der Waals surface area contributed by atoms with Crippen LogP contribution in [-0.4, -0.2) is 11.9 Å². The van der Waals surface area contributed by atoms with Gasteiger partial charge in [-0.3, -0.25) is 4.79 Å². The summed E-state index contributed by atoms with van der Waals surface area (Å²) < 4.78 is 0. The van der Waals surface area contributed by atoms with E-state index in [9.17, 15) is 4.79 Å². The molecule has 1 aliphatic heterocycles. The van der Waals surface area contributed by atoms with Crippen molar-refractivity contribution >= 4 is 17.2 Å². The largest absolute Gasteiger partial charge is 0.352 e. The molecule has 1 aromatic carbocycles. The molecular formula is C18H19NOS. The zero-order valence-corrected chi connectivity index (χ0v) is 12.8. The van der Waals surface area contributed by atoms with Gasteiger partial charge in [0.25, 0.3) is 0 Å². The Labute approximate surface area is 129 Å². The minimum atomic E-state index is 0.0283. The molecule has 2 unspecified atom stereocenters. The maximum Gasteiger partial charge on any atom is 0.221 e. The van der Waals surface area contributed by atoms with Crippen LogP contribution < -0.4 is 5.32 Å². The van der Waals surface area contributed by atoms with Gasteiger partial charge >= 0.3 is 0 Å². The number of rotatable bonds is 2. The Morgan fingerprint density at radius 3 is 2.95 bits per heavy atom. The van der Waals surface area contributed by atoms with Crippen molar-refractivity contribution in [1.82, 2.24) is 5.32 Å². The first kappa shape index (κ1) is 13.1. The van der Waals surface area contributed by atoms with E-state index in [4.69, 9.17) is 0 Å². The first-order valence-electron chi connectivity index (χ1n) is 7.68. The van der Waals surface area contributed by atoms with Crippen molar-refractivity contribution in [3.05, 3.63) is 57.8 Å². The third-order valence-electron chi connectivity index (χ3n) is 5.07. The lowest BCUT2D eigenvalue weighted by atomic mass is 9.66. The number of hydrogen-bond acceptors (Lipinski definition) is 2. The van der Waals surface area contributed by atoms with Gasteiger partial charge in [0.15, 0.2) is 0 Å². The maximum atomic E-state index is 12.1. The van der Waals surface area contributed by atoms with Gasteiger partial charge in [-0.05, 0) is 48.3 Å². The fourth-order valence-electron chi connectivity index (χ4n) is 4.11. The number of thiophene rings is 1. The number of aryl methyl sites for hydroxylation is 1. The summed E-state index contributed by atoms with van der Waals surface area (Å²) in [5.74, 6) is 0.218. The van der Waals surface area contributed by atoms with Crippen molar-refractivity contribution in [2.24, 2.45) is 0 Å². The molecule has 1 saturated heterocycles. The van der Waals surface area contributed by atoms with E-state index in [1.165, 1.54) is 28.8 Å². The minimum absolute atomic E-state index is 0.0283. The topological polar surface area (TPSA) is 29.1 Å². The van der Waals surface area contributed by atoms with Crippen LogP contribution in [-0.2, 0) is 23.1 Å². The van der Waals surface area contributed by atoms with E-state index in [0.29, 0.717) is 6.42 Å². The number of fused-ring (bicyclic) bond motifs is 2. The second kappa shape index (κ2) is 4.99. The average molecular weight is 297 g/mol. The van der Waals surface area contributed by atoms with Crippen molar-refractivity contribution in [3.63, 3.8) is 0 Å².